The van der Waals surface area contributed by atoms with Gasteiger partial charge in [0.2, 0.25) is 5.91 Å². The molecule has 29 heavy (non-hydrogen) atoms. The summed E-state index contributed by atoms with van der Waals surface area (Å²) in [5.41, 5.74) is -0.122. The van der Waals surface area contributed by atoms with Crippen LogP contribution in [0.4, 0.5) is 23.8 Å². The number of aliphatic carboxylic acids is 1. The summed E-state index contributed by atoms with van der Waals surface area (Å²) in [6, 6.07) is 5.68. The molecule has 3 amide bonds. The zero-order valence-corrected chi connectivity index (χ0v) is 16.1. The van der Waals surface area contributed by atoms with Crippen molar-refractivity contribution in [3.8, 4) is 0 Å². The first kappa shape index (κ1) is 22.4. The van der Waals surface area contributed by atoms with Crippen molar-refractivity contribution in [2.24, 2.45) is 5.41 Å². The zero-order valence-electron chi connectivity index (χ0n) is 16.1. The lowest BCUT2D eigenvalue weighted by atomic mass is 9.86. The number of urea groups is 1. The van der Waals surface area contributed by atoms with Crippen molar-refractivity contribution >= 4 is 23.7 Å². The molecular weight excluding hydrogens is 393 g/mol. The van der Waals surface area contributed by atoms with Gasteiger partial charge < -0.3 is 15.3 Å². The Hall–Kier alpha value is -2.85. The van der Waals surface area contributed by atoms with E-state index in [0.717, 1.165) is 6.42 Å². The lowest BCUT2D eigenvalue weighted by Gasteiger charge is -2.24. The number of hydrogen-bond donors (Lipinski definition) is 2. The summed E-state index contributed by atoms with van der Waals surface area (Å²) in [6.07, 6.45) is -2.02. The van der Waals surface area contributed by atoms with Gasteiger partial charge in [-0.05, 0) is 32.4 Å². The molecule has 0 aliphatic carbocycles. The molecule has 1 atom stereocenters. The minimum absolute atomic E-state index is 0.0318. The first-order valence-electron chi connectivity index (χ1n) is 9.00. The van der Waals surface area contributed by atoms with Gasteiger partial charge in [0.1, 0.15) is 5.82 Å². The van der Waals surface area contributed by atoms with Gasteiger partial charge in [-0.2, -0.15) is 13.2 Å². The van der Waals surface area contributed by atoms with Crippen molar-refractivity contribution in [3.63, 3.8) is 0 Å². The number of carbonyl (C=O) groups is 3. The second-order valence-electron chi connectivity index (χ2n) is 7.42. The van der Waals surface area contributed by atoms with Crippen LogP contribution in [-0.4, -0.2) is 64.8 Å². The SMILES string of the molecule is CC(C)NC(=O)N1CCC2(CC(=O)N(c3ccccn3)C2)C1.O=C(O)C(F)(F)F. The smallest absolute Gasteiger partial charge is 0.475 e. The topological polar surface area (TPSA) is 103 Å². The van der Waals surface area contributed by atoms with Gasteiger partial charge in [0, 0.05) is 43.7 Å². The molecule has 1 aromatic rings. The van der Waals surface area contributed by atoms with Crippen molar-refractivity contribution in [1.29, 1.82) is 0 Å². The predicted octanol–water partition coefficient (Wildman–Crippen LogP) is 2.26. The monoisotopic (exact) mass is 416 g/mol. The van der Waals surface area contributed by atoms with Crippen molar-refractivity contribution in [2.75, 3.05) is 24.5 Å². The van der Waals surface area contributed by atoms with Crippen LogP contribution in [0.5, 0.6) is 0 Å². The average molecular weight is 416 g/mol. The quantitative estimate of drug-likeness (QED) is 0.770. The lowest BCUT2D eigenvalue weighted by molar-refractivity contribution is -0.192. The highest BCUT2D eigenvalue weighted by atomic mass is 19.4. The summed E-state index contributed by atoms with van der Waals surface area (Å²) in [6.45, 7) is 5.90. The number of likely N-dealkylation sites (tertiary alicyclic amines) is 1. The largest absolute Gasteiger partial charge is 0.490 e. The summed E-state index contributed by atoms with van der Waals surface area (Å²) >= 11 is 0. The fourth-order valence-corrected chi connectivity index (χ4v) is 3.34. The van der Waals surface area contributed by atoms with E-state index in [1.165, 1.54) is 0 Å². The summed E-state index contributed by atoms with van der Waals surface area (Å²) in [5.74, 6) is -1.95. The molecule has 3 heterocycles. The molecule has 1 spiro atoms. The fraction of sp³-hybridized carbons (Fsp3) is 0.556. The van der Waals surface area contributed by atoms with Gasteiger partial charge in [0.25, 0.3) is 0 Å². The number of rotatable bonds is 2. The van der Waals surface area contributed by atoms with E-state index in [0.29, 0.717) is 31.9 Å². The van der Waals surface area contributed by atoms with E-state index in [9.17, 15) is 22.8 Å². The summed E-state index contributed by atoms with van der Waals surface area (Å²) < 4.78 is 31.7. The van der Waals surface area contributed by atoms with Crippen LogP contribution >= 0.6 is 0 Å². The Morgan fingerprint density at radius 2 is 1.93 bits per heavy atom. The molecule has 3 rings (SSSR count). The Bertz CT molecular complexity index is 757. The van der Waals surface area contributed by atoms with Crippen LogP contribution in [0, 0.1) is 5.41 Å². The Kier molecular flexibility index (Phi) is 6.70. The van der Waals surface area contributed by atoms with Crippen LogP contribution in [0.2, 0.25) is 0 Å². The molecule has 11 heteroatoms. The normalized spacial score (nSPS) is 21.4. The van der Waals surface area contributed by atoms with Crippen molar-refractivity contribution in [2.45, 2.75) is 38.9 Å². The number of hydrogen-bond acceptors (Lipinski definition) is 4. The summed E-state index contributed by atoms with van der Waals surface area (Å²) in [4.78, 5) is 41.2. The first-order chi connectivity index (χ1) is 13.4. The number of nitrogens with one attached hydrogen (secondary N) is 1. The molecule has 160 valence electrons. The van der Waals surface area contributed by atoms with E-state index >= 15 is 0 Å². The summed E-state index contributed by atoms with van der Waals surface area (Å²) in [5, 5.41) is 10.0. The van der Waals surface area contributed by atoms with Crippen LogP contribution in [0.1, 0.15) is 26.7 Å². The van der Waals surface area contributed by atoms with Gasteiger partial charge in [-0.3, -0.25) is 9.69 Å². The number of carboxylic acid groups (broad SMARTS) is 1. The molecule has 1 unspecified atom stereocenters. The standard InChI is InChI=1S/C16H22N4O2.C2HF3O2/c1-12(2)18-15(22)19-8-6-16(10-19)9-14(21)20(11-16)13-5-3-4-7-17-13;3-2(4,5)1(6)7/h3-5,7,12H,6,8-11H2,1-2H3,(H,18,22);(H,6,7). The van der Waals surface area contributed by atoms with E-state index < -0.39 is 12.1 Å². The van der Waals surface area contributed by atoms with Gasteiger partial charge in [-0.15, -0.1) is 0 Å². The van der Waals surface area contributed by atoms with Gasteiger partial charge in [0.15, 0.2) is 0 Å². The van der Waals surface area contributed by atoms with E-state index in [2.05, 4.69) is 10.3 Å². The Morgan fingerprint density at radius 3 is 2.45 bits per heavy atom. The average Bonchev–Trinajstić information content (AvgIpc) is 3.18. The maximum absolute atomic E-state index is 12.4. The molecule has 2 fully saturated rings. The number of alkyl halides is 3. The maximum Gasteiger partial charge on any atom is 0.490 e. The Labute approximate surface area is 165 Å². The van der Waals surface area contributed by atoms with Crippen LogP contribution < -0.4 is 10.2 Å². The van der Waals surface area contributed by atoms with Crippen LogP contribution in [0.25, 0.3) is 0 Å². The molecular formula is C18H23F3N4O4. The maximum atomic E-state index is 12.4. The number of aromatic nitrogens is 1. The number of anilines is 1. The fourth-order valence-electron chi connectivity index (χ4n) is 3.34. The van der Waals surface area contributed by atoms with Crippen LogP contribution in [0.3, 0.4) is 0 Å². The van der Waals surface area contributed by atoms with Crippen molar-refractivity contribution in [3.05, 3.63) is 24.4 Å². The molecule has 0 radical (unpaired) electrons. The second kappa shape index (κ2) is 8.66. The minimum atomic E-state index is -5.08. The van der Waals surface area contributed by atoms with Gasteiger partial charge in [-0.1, -0.05) is 6.07 Å². The third-order valence-electron chi connectivity index (χ3n) is 4.63. The number of nitrogens with zero attached hydrogens (tertiary/aromatic N) is 3. The number of carbonyl (C=O) groups excluding carboxylic acids is 2. The number of halogens is 3. The second-order valence-corrected chi connectivity index (χ2v) is 7.42. The zero-order chi connectivity index (χ0) is 21.8. The van der Waals surface area contributed by atoms with E-state index in [-0.39, 0.29) is 23.4 Å². The summed E-state index contributed by atoms with van der Waals surface area (Å²) in [7, 11) is 0. The van der Waals surface area contributed by atoms with Crippen molar-refractivity contribution < 1.29 is 32.7 Å². The Balaban J connectivity index is 0.000000370. The van der Waals surface area contributed by atoms with Gasteiger partial charge >= 0.3 is 18.2 Å². The van der Waals surface area contributed by atoms with Crippen molar-refractivity contribution in [1.82, 2.24) is 15.2 Å². The highest BCUT2D eigenvalue weighted by molar-refractivity contribution is 5.95. The van der Waals surface area contributed by atoms with Gasteiger partial charge in [-0.25, -0.2) is 14.6 Å². The molecule has 2 N–H and O–H groups in total. The number of pyridine rings is 1. The first-order valence-corrected chi connectivity index (χ1v) is 9.00. The molecule has 2 aliphatic heterocycles. The van der Waals surface area contributed by atoms with E-state index in [1.807, 2.05) is 36.9 Å². The highest BCUT2D eigenvalue weighted by Crippen LogP contribution is 2.41. The van der Waals surface area contributed by atoms with Gasteiger partial charge in [0.05, 0.1) is 0 Å². The number of amides is 3. The van der Waals surface area contributed by atoms with Crippen LogP contribution in [0.15, 0.2) is 24.4 Å². The third kappa shape index (κ3) is 5.81. The van der Waals surface area contributed by atoms with Crippen LogP contribution in [-0.2, 0) is 9.59 Å². The lowest BCUT2D eigenvalue weighted by Crippen LogP contribution is -2.43. The molecule has 2 saturated heterocycles. The number of carboxylic acids is 1. The van der Waals surface area contributed by atoms with E-state index in [4.69, 9.17) is 9.90 Å². The molecule has 2 aliphatic rings. The molecule has 0 saturated carbocycles. The predicted molar refractivity (Wildman–Crippen MR) is 97.2 cm³/mol. The minimum Gasteiger partial charge on any atom is -0.475 e. The Morgan fingerprint density at radius 1 is 1.28 bits per heavy atom. The molecule has 8 nitrogen and oxygen atoms in total. The third-order valence-corrected chi connectivity index (χ3v) is 4.63. The molecule has 0 aromatic carbocycles. The molecule has 1 aromatic heterocycles. The highest BCUT2D eigenvalue weighted by Gasteiger charge is 2.49. The van der Waals surface area contributed by atoms with E-state index in [1.54, 1.807) is 11.1 Å². The molecule has 0 bridgehead atoms.